The molecule has 1 heterocycles. The quantitative estimate of drug-likeness (QED) is 0.884. The van der Waals surface area contributed by atoms with Gasteiger partial charge in [-0.1, -0.05) is 12.1 Å². The van der Waals surface area contributed by atoms with E-state index in [-0.39, 0.29) is 0 Å². The van der Waals surface area contributed by atoms with E-state index in [1.807, 2.05) is 11.8 Å². The third-order valence-electron chi connectivity index (χ3n) is 2.78. The third-order valence-corrected chi connectivity index (χ3v) is 4.95. The molecule has 1 aliphatic heterocycles. The number of nitrogens with one attached hydrogen (secondary N) is 1. The minimum absolute atomic E-state index is 0.583. The lowest BCUT2D eigenvalue weighted by Gasteiger charge is -2.12. The zero-order valence-electron chi connectivity index (χ0n) is 7.79. The minimum Gasteiger partial charge on any atom is -0.306 e. The molecule has 74 valence electrons. The Morgan fingerprint density at radius 2 is 2.21 bits per heavy atom. The highest BCUT2D eigenvalue weighted by atomic mass is 79.9. The Morgan fingerprint density at radius 3 is 3.00 bits per heavy atom. The fourth-order valence-corrected chi connectivity index (χ4v) is 3.80. The van der Waals surface area contributed by atoms with E-state index in [0.29, 0.717) is 6.04 Å². The summed E-state index contributed by atoms with van der Waals surface area (Å²) >= 11 is 5.57. The van der Waals surface area contributed by atoms with E-state index in [0.717, 1.165) is 6.04 Å². The van der Waals surface area contributed by atoms with Gasteiger partial charge in [0.05, 0.1) is 0 Å². The fourth-order valence-electron chi connectivity index (χ4n) is 1.88. The standard InChI is InChI=1S/C11H12BrNS/c12-9-3-1-2-8-10(6-14-11(8)9)13-7-4-5-7/h1-3,7,10,13H,4-6H2. The number of hydrogen-bond donors (Lipinski definition) is 1. The molecule has 1 nitrogen and oxygen atoms in total. The van der Waals surface area contributed by atoms with E-state index >= 15 is 0 Å². The van der Waals surface area contributed by atoms with Gasteiger partial charge in [0.15, 0.2) is 0 Å². The van der Waals surface area contributed by atoms with Crippen molar-refractivity contribution < 1.29 is 0 Å². The number of thioether (sulfide) groups is 1. The predicted octanol–water partition coefficient (Wildman–Crippen LogP) is 3.35. The summed E-state index contributed by atoms with van der Waals surface area (Å²) in [6.07, 6.45) is 2.73. The van der Waals surface area contributed by atoms with Crippen LogP contribution in [0.2, 0.25) is 0 Å². The molecule has 0 radical (unpaired) electrons. The molecule has 0 amide bonds. The number of halogens is 1. The molecule has 1 aliphatic carbocycles. The lowest BCUT2D eigenvalue weighted by molar-refractivity contribution is 0.580. The molecule has 0 spiro atoms. The van der Waals surface area contributed by atoms with Crippen LogP contribution in [0.3, 0.4) is 0 Å². The summed E-state index contributed by atoms with van der Waals surface area (Å²) in [5, 5.41) is 3.69. The molecule has 1 N–H and O–H groups in total. The Kier molecular flexibility index (Phi) is 2.34. The van der Waals surface area contributed by atoms with Gasteiger partial charge in [-0.3, -0.25) is 0 Å². The Labute approximate surface area is 96.8 Å². The lowest BCUT2D eigenvalue weighted by atomic mass is 10.1. The van der Waals surface area contributed by atoms with Crippen LogP contribution < -0.4 is 5.32 Å². The van der Waals surface area contributed by atoms with Crippen LogP contribution >= 0.6 is 27.7 Å². The van der Waals surface area contributed by atoms with Crippen molar-refractivity contribution in [3.63, 3.8) is 0 Å². The second kappa shape index (κ2) is 3.54. The summed E-state index contributed by atoms with van der Waals surface area (Å²) in [7, 11) is 0. The van der Waals surface area contributed by atoms with Gasteiger partial charge in [0.25, 0.3) is 0 Å². The van der Waals surface area contributed by atoms with Crippen molar-refractivity contribution in [2.75, 3.05) is 5.75 Å². The third kappa shape index (κ3) is 1.62. The summed E-state index contributed by atoms with van der Waals surface area (Å²) in [4.78, 5) is 1.44. The molecule has 2 aliphatic rings. The van der Waals surface area contributed by atoms with Crippen molar-refractivity contribution >= 4 is 27.7 Å². The molecule has 3 heteroatoms. The summed E-state index contributed by atoms with van der Waals surface area (Å²) in [6, 6.07) is 7.90. The molecular formula is C11H12BrNS. The molecule has 14 heavy (non-hydrogen) atoms. The van der Waals surface area contributed by atoms with Crippen molar-refractivity contribution in [2.45, 2.75) is 29.8 Å². The van der Waals surface area contributed by atoms with Crippen molar-refractivity contribution in [1.82, 2.24) is 5.32 Å². The van der Waals surface area contributed by atoms with Crippen LogP contribution in [0.5, 0.6) is 0 Å². The molecule has 1 aromatic carbocycles. The molecule has 0 saturated heterocycles. The Hall–Kier alpha value is 0.01000. The summed E-state index contributed by atoms with van der Waals surface area (Å²) in [5.74, 6) is 1.19. The van der Waals surface area contributed by atoms with E-state index in [4.69, 9.17) is 0 Å². The maximum Gasteiger partial charge on any atom is 0.0429 e. The topological polar surface area (TPSA) is 12.0 Å². The zero-order chi connectivity index (χ0) is 9.54. The highest BCUT2D eigenvalue weighted by Gasteiger charge is 2.30. The van der Waals surface area contributed by atoms with Gasteiger partial charge in [-0.25, -0.2) is 0 Å². The van der Waals surface area contributed by atoms with Crippen LogP contribution in [-0.4, -0.2) is 11.8 Å². The summed E-state index contributed by atoms with van der Waals surface area (Å²) in [6.45, 7) is 0. The molecule has 0 bridgehead atoms. The molecule has 1 unspecified atom stereocenters. The van der Waals surface area contributed by atoms with Crippen LogP contribution in [0.1, 0.15) is 24.4 Å². The maximum atomic E-state index is 3.69. The second-order valence-corrected chi connectivity index (χ2v) is 5.85. The first-order chi connectivity index (χ1) is 6.84. The zero-order valence-corrected chi connectivity index (χ0v) is 10.2. The Balaban J connectivity index is 1.89. The van der Waals surface area contributed by atoms with Gasteiger partial charge in [-0.15, -0.1) is 11.8 Å². The fraction of sp³-hybridized carbons (Fsp3) is 0.455. The van der Waals surface area contributed by atoms with Crippen molar-refractivity contribution in [2.24, 2.45) is 0 Å². The van der Waals surface area contributed by atoms with E-state index in [2.05, 4.69) is 39.4 Å². The van der Waals surface area contributed by atoms with E-state index in [9.17, 15) is 0 Å². The van der Waals surface area contributed by atoms with Gasteiger partial charge in [0.1, 0.15) is 0 Å². The van der Waals surface area contributed by atoms with E-state index in [1.54, 1.807) is 0 Å². The van der Waals surface area contributed by atoms with Crippen molar-refractivity contribution in [3.8, 4) is 0 Å². The number of fused-ring (bicyclic) bond motifs is 1. The van der Waals surface area contributed by atoms with E-state index < -0.39 is 0 Å². The first kappa shape index (κ1) is 9.25. The highest BCUT2D eigenvalue weighted by molar-refractivity contribution is 9.10. The molecule has 0 aromatic heterocycles. The maximum absolute atomic E-state index is 3.69. The molecule has 1 fully saturated rings. The number of rotatable bonds is 2. The Morgan fingerprint density at radius 1 is 1.36 bits per heavy atom. The van der Waals surface area contributed by atoms with Gasteiger partial charge >= 0.3 is 0 Å². The summed E-state index contributed by atoms with van der Waals surface area (Å²) < 4.78 is 1.25. The first-order valence-corrected chi connectivity index (χ1v) is 6.80. The highest BCUT2D eigenvalue weighted by Crippen LogP contribution is 2.43. The molecule has 1 aromatic rings. The van der Waals surface area contributed by atoms with Gasteiger partial charge in [0.2, 0.25) is 0 Å². The second-order valence-electron chi connectivity index (χ2n) is 3.96. The SMILES string of the molecule is Brc1cccc2c1SCC2NC1CC1. The predicted molar refractivity (Wildman–Crippen MR) is 63.8 cm³/mol. The first-order valence-electron chi connectivity index (χ1n) is 5.02. The van der Waals surface area contributed by atoms with Gasteiger partial charge in [-0.05, 0) is 40.4 Å². The molecule has 1 atom stereocenters. The van der Waals surface area contributed by atoms with Crippen molar-refractivity contribution in [1.29, 1.82) is 0 Å². The largest absolute Gasteiger partial charge is 0.306 e. The smallest absolute Gasteiger partial charge is 0.0429 e. The van der Waals surface area contributed by atoms with Crippen LogP contribution in [0.25, 0.3) is 0 Å². The summed E-state index contributed by atoms with van der Waals surface area (Å²) in [5.41, 5.74) is 1.48. The minimum atomic E-state index is 0.583. The number of hydrogen-bond acceptors (Lipinski definition) is 2. The molecular weight excluding hydrogens is 258 g/mol. The normalized spacial score (nSPS) is 25.1. The van der Waals surface area contributed by atoms with Gasteiger partial charge in [-0.2, -0.15) is 0 Å². The lowest BCUT2D eigenvalue weighted by Crippen LogP contribution is -2.22. The van der Waals surface area contributed by atoms with Crippen LogP contribution in [0.15, 0.2) is 27.6 Å². The Bertz CT molecular complexity index is 362. The monoisotopic (exact) mass is 269 g/mol. The number of benzene rings is 1. The average molecular weight is 270 g/mol. The van der Waals surface area contributed by atoms with Crippen molar-refractivity contribution in [3.05, 3.63) is 28.2 Å². The van der Waals surface area contributed by atoms with Crippen LogP contribution in [-0.2, 0) is 0 Å². The molecule has 3 rings (SSSR count). The van der Waals surface area contributed by atoms with E-state index in [1.165, 1.54) is 33.5 Å². The van der Waals surface area contributed by atoms with Crippen LogP contribution in [0, 0.1) is 0 Å². The van der Waals surface area contributed by atoms with Gasteiger partial charge < -0.3 is 5.32 Å². The molecule has 1 saturated carbocycles. The van der Waals surface area contributed by atoms with Gasteiger partial charge in [0, 0.05) is 27.2 Å². The van der Waals surface area contributed by atoms with Crippen LogP contribution in [0.4, 0.5) is 0 Å². The average Bonchev–Trinajstić information content (AvgIpc) is 2.88.